The van der Waals surface area contributed by atoms with Crippen LogP contribution in [0.5, 0.6) is 0 Å². The first-order valence-electron chi connectivity index (χ1n) is 16.6. The standard InChI is InChI=1S/C44H28N6/c1-3-7-41-35(5-1)37-27-46-23-19-43(37)49(41)33-13-9-29(10-14-33)32-25-39(48-40(26-32)31-17-21-45-22-18-31)30-11-15-34(16-12-30)50-42-8-4-2-6-36(42)38-28-47-24-20-44(38)50/h1-28H. The maximum Gasteiger partial charge on any atom is 0.0716 e. The van der Waals surface area contributed by atoms with Gasteiger partial charge < -0.3 is 9.13 Å². The van der Waals surface area contributed by atoms with Gasteiger partial charge in [-0.05, 0) is 83.9 Å². The van der Waals surface area contributed by atoms with Crippen molar-refractivity contribution >= 4 is 43.6 Å². The first kappa shape index (κ1) is 28.1. The fraction of sp³-hybridized carbons (Fsp3) is 0. The molecule has 10 aromatic rings. The van der Waals surface area contributed by atoms with Crippen LogP contribution >= 0.6 is 0 Å². The fourth-order valence-corrected chi connectivity index (χ4v) is 7.29. The molecule has 4 aromatic carbocycles. The van der Waals surface area contributed by atoms with Crippen molar-refractivity contribution in [2.45, 2.75) is 0 Å². The van der Waals surface area contributed by atoms with E-state index < -0.39 is 0 Å². The van der Waals surface area contributed by atoms with E-state index in [9.17, 15) is 0 Å². The zero-order valence-electron chi connectivity index (χ0n) is 26.8. The molecule has 6 heteroatoms. The number of hydrogen-bond donors (Lipinski definition) is 0. The Balaban J connectivity index is 1.07. The molecule has 0 aliphatic heterocycles. The number of rotatable bonds is 5. The van der Waals surface area contributed by atoms with Crippen LogP contribution < -0.4 is 0 Å². The Kier molecular flexibility index (Phi) is 6.39. The number of pyridine rings is 4. The number of aromatic nitrogens is 6. The van der Waals surface area contributed by atoms with Gasteiger partial charge >= 0.3 is 0 Å². The molecule has 0 saturated carbocycles. The number of fused-ring (bicyclic) bond motifs is 6. The van der Waals surface area contributed by atoms with E-state index in [-0.39, 0.29) is 0 Å². The highest BCUT2D eigenvalue weighted by Crippen LogP contribution is 2.35. The molecular weight excluding hydrogens is 613 g/mol. The van der Waals surface area contributed by atoms with Gasteiger partial charge in [-0.25, -0.2) is 4.98 Å². The van der Waals surface area contributed by atoms with Crippen molar-refractivity contribution in [2.24, 2.45) is 0 Å². The van der Waals surface area contributed by atoms with Gasteiger partial charge in [0.2, 0.25) is 0 Å². The van der Waals surface area contributed by atoms with Crippen molar-refractivity contribution in [3.05, 3.63) is 171 Å². The Morgan fingerprint density at radius 1 is 0.340 bits per heavy atom. The first-order valence-corrected chi connectivity index (χ1v) is 16.6. The Labute approximate surface area is 287 Å². The number of benzene rings is 4. The zero-order chi connectivity index (χ0) is 33.0. The predicted molar refractivity (Wildman–Crippen MR) is 203 cm³/mol. The Morgan fingerprint density at radius 3 is 1.32 bits per heavy atom. The lowest BCUT2D eigenvalue weighted by atomic mass is 10.00. The highest BCUT2D eigenvalue weighted by atomic mass is 15.0. The minimum absolute atomic E-state index is 0.901. The van der Waals surface area contributed by atoms with Gasteiger partial charge in [0, 0.05) is 81.2 Å². The predicted octanol–water partition coefficient (Wildman–Crippen LogP) is 10.5. The Morgan fingerprint density at radius 2 is 0.780 bits per heavy atom. The topological polar surface area (TPSA) is 61.4 Å². The van der Waals surface area contributed by atoms with Gasteiger partial charge in [-0.1, -0.05) is 60.7 Å². The Hall–Kier alpha value is -6.92. The van der Waals surface area contributed by atoms with Gasteiger partial charge in [0.1, 0.15) is 0 Å². The van der Waals surface area contributed by atoms with Gasteiger partial charge in [-0.3, -0.25) is 15.0 Å². The second-order valence-electron chi connectivity index (χ2n) is 12.4. The summed E-state index contributed by atoms with van der Waals surface area (Å²) >= 11 is 0. The molecule has 0 spiro atoms. The fourth-order valence-electron chi connectivity index (χ4n) is 7.29. The van der Waals surface area contributed by atoms with Crippen molar-refractivity contribution < 1.29 is 0 Å². The lowest BCUT2D eigenvalue weighted by molar-refractivity contribution is 1.17. The average Bonchev–Trinajstić information content (AvgIpc) is 3.71. The van der Waals surface area contributed by atoms with E-state index in [2.05, 4.69) is 145 Å². The summed E-state index contributed by atoms with van der Waals surface area (Å²) in [4.78, 5) is 18.2. The molecule has 0 unspecified atom stereocenters. The highest BCUT2D eigenvalue weighted by Gasteiger charge is 2.15. The van der Waals surface area contributed by atoms with E-state index in [0.29, 0.717) is 0 Å². The molecule has 0 radical (unpaired) electrons. The van der Waals surface area contributed by atoms with Crippen LogP contribution in [0.4, 0.5) is 0 Å². The molecular formula is C44H28N6. The monoisotopic (exact) mass is 640 g/mol. The van der Waals surface area contributed by atoms with E-state index in [1.165, 1.54) is 10.8 Å². The summed E-state index contributed by atoms with van der Waals surface area (Å²) in [5.74, 6) is 0. The third kappa shape index (κ3) is 4.50. The number of para-hydroxylation sites is 2. The zero-order valence-corrected chi connectivity index (χ0v) is 26.8. The molecule has 0 aliphatic rings. The lowest BCUT2D eigenvalue weighted by Crippen LogP contribution is -1.95. The maximum atomic E-state index is 5.17. The van der Waals surface area contributed by atoms with Gasteiger partial charge in [0.25, 0.3) is 0 Å². The summed E-state index contributed by atoms with van der Waals surface area (Å²) in [5.41, 5.74) is 12.9. The van der Waals surface area contributed by atoms with E-state index in [4.69, 9.17) is 4.98 Å². The third-order valence-corrected chi connectivity index (χ3v) is 9.63. The molecule has 6 nitrogen and oxygen atoms in total. The summed E-state index contributed by atoms with van der Waals surface area (Å²) in [7, 11) is 0. The molecule has 0 aliphatic carbocycles. The second-order valence-corrected chi connectivity index (χ2v) is 12.4. The molecule has 0 atom stereocenters. The van der Waals surface area contributed by atoms with E-state index in [0.717, 1.165) is 77.9 Å². The van der Waals surface area contributed by atoms with Gasteiger partial charge in [-0.2, -0.15) is 0 Å². The summed E-state index contributed by atoms with van der Waals surface area (Å²) < 4.78 is 4.61. The van der Waals surface area contributed by atoms with Crippen LogP contribution in [-0.2, 0) is 0 Å². The lowest BCUT2D eigenvalue weighted by Gasteiger charge is -2.13. The first-order chi connectivity index (χ1) is 24.8. The highest BCUT2D eigenvalue weighted by molar-refractivity contribution is 6.09. The molecule has 6 heterocycles. The molecule has 0 fully saturated rings. The van der Waals surface area contributed by atoms with Crippen LogP contribution in [0, 0.1) is 0 Å². The molecule has 0 bridgehead atoms. The third-order valence-electron chi connectivity index (χ3n) is 9.63. The maximum absolute atomic E-state index is 5.17. The molecule has 0 saturated heterocycles. The van der Waals surface area contributed by atoms with Crippen molar-refractivity contribution in [3.8, 4) is 45.0 Å². The average molecular weight is 641 g/mol. The van der Waals surface area contributed by atoms with Crippen molar-refractivity contribution in [2.75, 3.05) is 0 Å². The van der Waals surface area contributed by atoms with Crippen LogP contribution in [0.15, 0.2) is 171 Å². The van der Waals surface area contributed by atoms with E-state index in [1.54, 1.807) is 0 Å². The van der Waals surface area contributed by atoms with Crippen molar-refractivity contribution in [3.63, 3.8) is 0 Å². The van der Waals surface area contributed by atoms with Crippen LogP contribution in [0.3, 0.4) is 0 Å². The molecule has 0 N–H and O–H groups in total. The molecule has 0 amide bonds. The van der Waals surface area contributed by atoms with E-state index in [1.807, 2.05) is 49.3 Å². The summed E-state index contributed by atoms with van der Waals surface area (Å²) in [5, 5.41) is 4.68. The van der Waals surface area contributed by atoms with Crippen molar-refractivity contribution in [1.29, 1.82) is 0 Å². The quantitative estimate of drug-likeness (QED) is 0.188. The number of nitrogens with zero attached hydrogens (tertiary/aromatic N) is 6. The molecule has 10 rings (SSSR count). The molecule has 234 valence electrons. The number of hydrogen-bond acceptors (Lipinski definition) is 4. The Bertz CT molecular complexity index is 2570. The SMILES string of the molecule is c1ccc2c(c1)c1cnccc1n2-c1ccc(-c2cc(-c3ccncc3)nc(-c3ccc(-n4c5ccccc5c5cnccc54)cc3)c2)cc1. The summed E-state index contributed by atoms with van der Waals surface area (Å²) in [6.45, 7) is 0. The largest absolute Gasteiger partial charge is 0.309 e. The van der Waals surface area contributed by atoms with Crippen LogP contribution in [-0.4, -0.2) is 29.1 Å². The van der Waals surface area contributed by atoms with E-state index >= 15 is 0 Å². The van der Waals surface area contributed by atoms with Gasteiger partial charge in [0.15, 0.2) is 0 Å². The summed E-state index contributed by atoms with van der Waals surface area (Å²) in [6.07, 6.45) is 11.2. The summed E-state index contributed by atoms with van der Waals surface area (Å²) in [6, 6.07) is 47.0. The van der Waals surface area contributed by atoms with Crippen LogP contribution in [0.1, 0.15) is 0 Å². The second kappa shape index (κ2) is 11.4. The normalized spacial score (nSPS) is 11.6. The van der Waals surface area contributed by atoms with Crippen LogP contribution in [0.2, 0.25) is 0 Å². The van der Waals surface area contributed by atoms with Crippen molar-refractivity contribution in [1.82, 2.24) is 29.1 Å². The minimum Gasteiger partial charge on any atom is -0.309 e. The smallest absolute Gasteiger partial charge is 0.0716 e. The molecule has 50 heavy (non-hydrogen) atoms. The minimum atomic E-state index is 0.901. The van der Waals surface area contributed by atoms with Gasteiger partial charge in [0.05, 0.1) is 33.5 Å². The van der Waals surface area contributed by atoms with Gasteiger partial charge in [-0.15, -0.1) is 0 Å². The van der Waals surface area contributed by atoms with Crippen LogP contribution in [0.25, 0.3) is 88.6 Å². The molecule has 6 aromatic heterocycles.